The van der Waals surface area contributed by atoms with Gasteiger partial charge >= 0.3 is 0 Å². The van der Waals surface area contributed by atoms with Crippen LogP contribution in [0.2, 0.25) is 0 Å². The molecule has 19 heavy (non-hydrogen) atoms. The van der Waals surface area contributed by atoms with Crippen molar-refractivity contribution < 1.29 is 4.74 Å². The fourth-order valence-corrected chi connectivity index (χ4v) is 1.86. The second-order valence-corrected chi connectivity index (χ2v) is 4.87. The Morgan fingerprint density at radius 3 is 2.58 bits per heavy atom. The normalized spacial score (nSPS) is 14.9. The number of ether oxygens (including phenoxy) is 1. The Labute approximate surface area is 119 Å². The van der Waals surface area contributed by atoms with Gasteiger partial charge in [0, 0.05) is 19.7 Å². The van der Waals surface area contributed by atoms with E-state index in [-0.39, 0.29) is 0 Å². The molecule has 0 aliphatic rings. The standard InChI is InChI=1S/C17H31NO/c1-6-8-11-16(3)12-9-10-13-17(7-2)18(4)14-15-19-5/h8,10-13,17H,6-7,9,14-15H2,1-5H3/b11-8+,13-10+,16-12+. The molecule has 0 aromatic rings. The molecule has 0 saturated heterocycles. The van der Waals surface area contributed by atoms with Crippen molar-refractivity contribution in [1.29, 1.82) is 0 Å². The molecule has 0 aliphatic carbocycles. The van der Waals surface area contributed by atoms with Crippen molar-refractivity contribution in [3.8, 4) is 0 Å². The van der Waals surface area contributed by atoms with E-state index in [4.69, 9.17) is 4.74 Å². The van der Waals surface area contributed by atoms with E-state index in [0.29, 0.717) is 6.04 Å². The molecule has 0 bridgehead atoms. The van der Waals surface area contributed by atoms with Gasteiger partial charge in [0.2, 0.25) is 0 Å². The van der Waals surface area contributed by atoms with Gasteiger partial charge in [0.15, 0.2) is 0 Å². The molecule has 110 valence electrons. The van der Waals surface area contributed by atoms with E-state index in [9.17, 15) is 0 Å². The van der Waals surface area contributed by atoms with Crippen molar-refractivity contribution in [3.05, 3.63) is 36.0 Å². The molecule has 2 heteroatoms. The zero-order chi connectivity index (χ0) is 14.5. The molecule has 0 rings (SSSR count). The lowest BCUT2D eigenvalue weighted by molar-refractivity contribution is 0.148. The predicted molar refractivity (Wildman–Crippen MR) is 85.5 cm³/mol. The van der Waals surface area contributed by atoms with Crippen molar-refractivity contribution in [2.45, 2.75) is 46.1 Å². The molecule has 0 aromatic heterocycles. The molecule has 0 saturated carbocycles. The van der Waals surface area contributed by atoms with E-state index in [1.165, 1.54) is 5.57 Å². The Hall–Kier alpha value is -0.860. The summed E-state index contributed by atoms with van der Waals surface area (Å²) in [5.74, 6) is 0. The maximum absolute atomic E-state index is 5.12. The molecule has 0 aliphatic heterocycles. The van der Waals surface area contributed by atoms with E-state index in [2.05, 4.69) is 63.1 Å². The molecule has 2 nitrogen and oxygen atoms in total. The van der Waals surface area contributed by atoms with Crippen LogP contribution in [0.15, 0.2) is 36.0 Å². The minimum absolute atomic E-state index is 0.509. The number of allylic oxidation sites excluding steroid dienone is 5. The molecule has 0 aromatic carbocycles. The van der Waals surface area contributed by atoms with E-state index in [1.807, 2.05) is 0 Å². The molecular formula is C17H31NO. The lowest BCUT2D eigenvalue weighted by atomic mass is 10.1. The van der Waals surface area contributed by atoms with Crippen LogP contribution >= 0.6 is 0 Å². The van der Waals surface area contributed by atoms with Crippen LogP contribution in [0.3, 0.4) is 0 Å². The molecular weight excluding hydrogens is 234 g/mol. The summed E-state index contributed by atoms with van der Waals surface area (Å²) < 4.78 is 5.12. The number of rotatable bonds is 10. The number of methoxy groups -OCH3 is 1. The number of hydrogen-bond acceptors (Lipinski definition) is 2. The Morgan fingerprint density at radius 2 is 2.00 bits per heavy atom. The van der Waals surface area contributed by atoms with Gasteiger partial charge in [-0.25, -0.2) is 0 Å². The van der Waals surface area contributed by atoms with Crippen LogP contribution in [0.4, 0.5) is 0 Å². The maximum Gasteiger partial charge on any atom is 0.0589 e. The van der Waals surface area contributed by atoms with Crippen LogP contribution in [0.1, 0.15) is 40.0 Å². The number of hydrogen-bond donors (Lipinski definition) is 0. The first-order chi connectivity index (χ1) is 9.15. The van der Waals surface area contributed by atoms with Gasteiger partial charge < -0.3 is 4.74 Å². The second-order valence-electron chi connectivity index (χ2n) is 4.87. The van der Waals surface area contributed by atoms with Gasteiger partial charge in [-0.2, -0.15) is 0 Å². The fourth-order valence-electron chi connectivity index (χ4n) is 1.86. The summed E-state index contributed by atoms with van der Waals surface area (Å²) >= 11 is 0. The summed E-state index contributed by atoms with van der Waals surface area (Å²) in [5, 5.41) is 0. The van der Waals surface area contributed by atoms with Gasteiger partial charge in [-0.3, -0.25) is 4.90 Å². The molecule has 0 heterocycles. The van der Waals surface area contributed by atoms with Gasteiger partial charge in [0.25, 0.3) is 0 Å². The fraction of sp³-hybridized carbons (Fsp3) is 0.647. The lowest BCUT2D eigenvalue weighted by Crippen LogP contribution is -2.32. The zero-order valence-corrected chi connectivity index (χ0v) is 13.4. The van der Waals surface area contributed by atoms with Gasteiger partial charge in [0.05, 0.1) is 6.61 Å². The largest absolute Gasteiger partial charge is 0.383 e. The van der Waals surface area contributed by atoms with Crippen LogP contribution in [0.25, 0.3) is 0 Å². The SMILES string of the molecule is CC/C=C/C(C)=C/C/C=C/C(CC)N(C)CCOC. The van der Waals surface area contributed by atoms with E-state index in [1.54, 1.807) is 7.11 Å². The average Bonchev–Trinajstić information content (AvgIpc) is 2.42. The highest BCUT2D eigenvalue weighted by Gasteiger charge is 2.07. The first-order valence-corrected chi connectivity index (χ1v) is 7.34. The van der Waals surface area contributed by atoms with Crippen LogP contribution in [0.5, 0.6) is 0 Å². The quantitative estimate of drug-likeness (QED) is 0.433. The lowest BCUT2D eigenvalue weighted by Gasteiger charge is -2.23. The van der Waals surface area contributed by atoms with Crippen molar-refractivity contribution in [3.63, 3.8) is 0 Å². The maximum atomic E-state index is 5.12. The molecule has 0 fully saturated rings. The Bertz CT molecular complexity index is 292. The monoisotopic (exact) mass is 265 g/mol. The smallest absolute Gasteiger partial charge is 0.0589 e. The summed E-state index contributed by atoms with van der Waals surface area (Å²) in [6.45, 7) is 8.31. The van der Waals surface area contributed by atoms with Gasteiger partial charge in [-0.15, -0.1) is 0 Å². The summed E-state index contributed by atoms with van der Waals surface area (Å²) in [6.07, 6.45) is 14.5. The second kappa shape index (κ2) is 12.2. The highest BCUT2D eigenvalue weighted by Crippen LogP contribution is 2.05. The molecule has 0 amide bonds. The van der Waals surface area contributed by atoms with Gasteiger partial charge in [-0.1, -0.05) is 49.8 Å². The van der Waals surface area contributed by atoms with Crippen LogP contribution in [0, 0.1) is 0 Å². The minimum Gasteiger partial charge on any atom is -0.383 e. The van der Waals surface area contributed by atoms with Crippen molar-refractivity contribution in [2.24, 2.45) is 0 Å². The highest BCUT2D eigenvalue weighted by atomic mass is 16.5. The van der Waals surface area contributed by atoms with Crippen LogP contribution in [-0.2, 0) is 4.74 Å². The first-order valence-electron chi connectivity index (χ1n) is 7.34. The average molecular weight is 265 g/mol. The van der Waals surface area contributed by atoms with E-state index < -0.39 is 0 Å². The minimum atomic E-state index is 0.509. The van der Waals surface area contributed by atoms with Crippen molar-refractivity contribution in [2.75, 3.05) is 27.3 Å². The first kappa shape index (κ1) is 18.1. The van der Waals surface area contributed by atoms with Gasteiger partial charge in [-0.05, 0) is 33.2 Å². The molecule has 1 atom stereocenters. The number of nitrogens with zero attached hydrogens (tertiary/aromatic N) is 1. The molecule has 1 unspecified atom stereocenters. The Morgan fingerprint density at radius 1 is 1.26 bits per heavy atom. The summed E-state index contributed by atoms with van der Waals surface area (Å²) in [5.41, 5.74) is 1.34. The molecule has 0 radical (unpaired) electrons. The third-order valence-electron chi connectivity index (χ3n) is 3.18. The molecule has 0 spiro atoms. The van der Waals surface area contributed by atoms with Crippen LogP contribution < -0.4 is 0 Å². The predicted octanol–water partition coefficient (Wildman–Crippen LogP) is 4.20. The third-order valence-corrected chi connectivity index (χ3v) is 3.18. The van der Waals surface area contributed by atoms with Crippen molar-refractivity contribution in [1.82, 2.24) is 4.90 Å². The number of likely N-dealkylation sites (N-methyl/N-ethyl adjacent to an activating group) is 1. The Kier molecular flexibility index (Phi) is 11.6. The summed E-state index contributed by atoms with van der Waals surface area (Å²) in [6, 6.07) is 0.509. The third kappa shape index (κ3) is 9.69. The van der Waals surface area contributed by atoms with E-state index in [0.717, 1.165) is 32.4 Å². The topological polar surface area (TPSA) is 12.5 Å². The van der Waals surface area contributed by atoms with E-state index >= 15 is 0 Å². The summed E-state index contributed by atoms with van der Waals surface area (Å²) in [4.78, 5) is 2.34. The van der Waals surface area contributed by atoms with Crippen LogP contribution in [-0.4, -0.2) is 38.3 Å². The summed E-state index contributed by atoms with van der Waals surface area (Å²) in [7, 11) is 3.91. The zero-order valence-electron chi connectivity index (χ0n) is 13.4. The van der Waals surface area contributed by atoms with Gasteiger partial charge in [0.1, 0.15) is 0 Å². The van der Waals surface area contributed by atoms with Crippen molar-refractivity contribution >= 4 is 0 Å². The molecule has 0 N–H and O–H groups in total. The Balaban J connectivity index is 4.16. The highest BCUT2D eigenvalue weighted by molar-refractivity contribution is 5.17.